The first kappa shape index (κ1) is 9.81. The van der Waals surface area contributed by atoms with Crippen LogP contribution in [0.1, 0.15) is 51.9 Å². The SMILES string of the molecule is CC1(NC(=O)OC2CCCC2)CCC1. The molecule has 80 valence electrons. The van der Waals surface area contributed by atoms with Crippen molar-refractivity contribution in [3.8, 4) is 0 Å². The Morgan fingerprint density at radius 1 is 1.29 bits per heavy atom. The second-order valence-electron chi connectivity index (χ2n) is 4.85. The van der Waals surface area contributed by atoms with Gasteiger partial charge in [-0.1, -0.05) is 0 Å². The summed E-state index contributed by atoms with van der Waals surface area (Å²) >= 11 is 0. The molecule has 0 aliphatic heterocycles. The Labute approximate surface area is 85.2 Å². The maximum absolute atomic E-state index is 11.5. The summed E-state index contributed by atoms with van der Waals surface area (Å²) < 4.78 is 5.33. The number of carbonyl (C=O) groups excluding carboxylic acids is 1. The summed E-state index contributed by atoms with van der Waals surface area (Å²) in [7, 11) is 0. The van der Waals surface area contributed by atoms with Crippen LogP contribution in [0.2, 0.25) is 0 Å². The third kappa shape index (κ3) is 2.20. The van der Waals surface area contributed by atoms with Crippen molar-refractivity contribution in [3.63, 3.8) is 0 Å². The number of nitrogens with one attached hydrogen (secondary N) is 1. The van der Waals surface area contributed by atoms with Crippen LogP contribution in [0.3, 0.4) is 0 Å². The van der Waals surface area contributed by atoms with Gasteiger partial charge in [-0.05, 0) is 51.9 Å². The van der Waals surface area contributed by atoms with Crippen molar-refractivity contribution in [1.29, 1.82) is 0 Å². The normalized spacial score (nSPS) is 25.5. The molecule has 1 N–H and O–H groups in total. The molecule has 14 heavy (non-hydrogen) atoms. The molecule has 2 fully saturated rings. The smallest absolute Gasteiger partial charge is 0.407 e. The molecule has 0 aromatic carbocycles. The molecule has 0 spiro atoms. The zero-order valence-corrected chi connectivity index (χ0v) is 8.84. The summed E-state index contributed by atoms with van der Waals surface area (Å²) in [5.74, 6) is 0. The van der Waals surface area contributed by atoms with Crippen molar-refractivity contribution in [1.82, 2.24) is 5.32 Å². The molecule has 0 bridgehead atoms. The quantitative estimate of drug-likeness (QED) is 0.739. The van der Waals surface area contributed by atoms with Crippen LogP contribution in [0, 0.1) is 0 Å². The van der Waals surface area contributed by atoms with Crippen LogP contribution in [0.25, 0.3) is 0 Å². The number of alkyl carbamates (subject to hydrolysis) is 1. The molecule has 2 aliphatic carbocycles. The van der Waals surface area contributed by atoms with E-state index in [9.17, 15) is 4.79 Å². The summed E-state index contributed by atoms with van der Waals surface area (Å²) in [5, 5.41) is 2.96. The maximum Gasteiger partial charge on any atom is 0.407 e. The zero-order valence-electron chi connectivity index (χ0n) is 8.84. The number of hydrogen-bond acceptors (Lipinski definition) is 2. The minimum absolute atomic E-state index is 0.0235. The van der Waals surface area contributed by atoms with Crippen LogP contribution < -0.4 is 5.32 Å². The van der Waals surface area contributed by atoms with Crippen LogP contribution in [-0.2, 0) is 4.74 Å². The average Bonchev–Trinajstić information content (AvgIpc) is 2.53. The highest BCUT2D eigenvalue weighted by atomic mass is 16.6. The van der Waals surface area contributed by atoms with Gasteiger partial charge in [-0.25, -0.2) is 4.79 Å². The molecule has 0 radical (unpaired) electrons. The molecule has 2 rings (SSSR count). The highest BCUT2D eigenvalue weighted by molar-refractivity contribution is 5.68. The van der Waals surface area contributed by atoms with E-state index < -0.39 is 0 Å². The molecule has 0 atom stereocenters. The monoisotopic (exact) mass is 197 g/mol. The summed E-state index contributed by atoms with van der Waals surface area (Å²) in [4.78, 5) is 11.5. The molecular weight excluding hydrogens is 178 g/mol. The third-order valence-electron chi connectivity index (χ3n) is 3.44. The van der Waals surface area contributed by atoms with E-state index in [1.165, 1.54) is 19.3 Å². The van der Waals surface area contributed by atoms with Gasteiger partial charge in [0.05, 0.1) is 0 Å². The second-order valence-corrected chi connectivity index (χ2v) is 4.85. The highest BCUT2D eigenvalue weighted by Gasteiger charge is 2.34. The Balaban J connectivity index is 1.72. The lowest BCUT2D eigenvalue weighted by Gasteiger charge is -2.38. The molecule has 2 aliphatic rings. The van der Waals surface area contributed by atoms with Crippen LogP contribution in [0.4, 0.5) is 4.79 Å². The van der Waals surface area contributed by atoms with Gasteiger partial charge in [-0.15, -0.1) is 0 Å². The molecule has 0 saturated heterocycles. The lowest BCUT2D eigenvalue weighted by atomic mass is 9.79. The Morgan fingerprint density at radius 2 is 1.93 bits per heavy atom. The van der Waals surface area contributed by atoms with Crippen LogP contribution >= 0.6 is 0 Å². The summed E-state index contributed by atoms with van der Waals surface area (Å²) in [6, 6.07) is 0. The Morgan fingerprint density at radius 3 is 2.43 bits per heavy atom. The van der Waals surface area contributed by atoms with Gasteiger partial charge in [-0.3, -0.25) is 0 Å². The largest absolute Gasteiger partial charge is 0.446 e. The molecule has 0 unspecified atom stereocenters. The number of rotatable bonds is 2. The molecular formula is C11H19NO2. The van der Waals surface area contributed by atoms with E-state index in [0.29, 0.717) is 0 Å². The fourth-order valence-electron chi connectivity index (χ4n) is 2.27. The van der Waals surface area contributed by atoms with Gasteiger partial charge >= 0.3 is 6.09 Å². The number of hydrogen-bond donors (Lipinski definition) is 1. The fraction of sp³-hybridized carbons (Fsp3) is 0.909. The maximum atomic E-state index is 11.5. The van der Waals surface area contributed by atoms with Crippen LogP contribution in [0.15, 0.2) is 0 Å². The molecule has 0 heterocycles. The average molecular weight is 197 g/mol. The van der Waals surface area contributed by atoms with Crippen LogP contribution in [0.5, 0.6) is 0 Å². The lowest BCUT2D eigenvalue weighted by Crippen LogP contribution is -2.51. The van der Waals surface area contributed by atoms with E-state index in [4.69, 9.17) is 4.74 Å². The molecule has 0 aromatic heterocycles. The van der Waals surface area contributed by atoms with Gasteiger partial charge in [0.15, 0.2) is 0 Å². The van der Waals surface area contributed by atoms with E-state index >= 15 is 0 Å². The van der Waals surface area contributed by atoms with Gasteiger partial charge in [-0.2, -0.15) is 0 Å². The Hall–Kier alpha value is -0.730. The molecule has 2 saturated carbocycles. The first-order valence-electron chi connectivity index (χ1n) is 5.67. The number of carbonyl (C=O) groups is 1. The van der Waals surface area contributed by atoms with Crippen molar-refractivity contribution < 1.29 is 9.53 Å². The molecule has 1 amide bonds. The minimum atomic E-state index is -0.209. The van der Waals surface area contributed by atoms with E-state index in [2.05, 4.69) is 12.2 Å². The van der Waals surface area contributed by atoms with Crippen LogP contribution in [-0.4, -0.2) is 17.7 Å². The van der Waals surface area contributed by atoms with Crippen molar-refractivity contribution in [2.24, 2.45) is 0 Å². The first-order valence-corrected chi connectivity index (χ1v) is 5.67. The number of amides is 1. The lowest BCUT2D eigenvalue weighted by molar-refractivity contribution is 0.0820. The predicted octanol–water partition coefficient (Wildman–Crippen LogP) is 2.60. The van der Waals surface area contributed by atoms with E-state index in [-0.39, 0.29) is 17.7 Å². The third-order valence-corrected chi connectivity index (χ3v) is 3.44. The van der Waals surface area contributed by atoms with E-state index in [1.54, 1.807) is 0 Å². The zero-order chi connectivity index (χ0) is 10.0. The first-order chi connectivity index (χ1) is 6.68. The molecule has 0 aromatic rings. The summed E-state index contributed by atoms with van der Waals surface area (Å²) in [6.45, 7) is 2.09. The predicted molar refractivity (Wildman–Crippen MR) is 54.1 cm³/mol. The van der Waals surface area contributed by atoms with Gasteiger partial charge in [0, 0.05) is 5.54 Å². The minimum Gasteiger partial charge on any atom is -0.446 e. The van der Waals surface area contributed by atoms with Crippen molar-refractivity contribution in [2.75, 3.05) is 0 Å². The topological polar surface area (TPSA) is 38.3 Å². The van der Waals surface area contributed by atoms with E-state index in [0.717, 1.165) is 25.7 Å². The van der Waals surface area contributed by atoms with Crippen molar-refractivity contribution in [3.05, 3.63) is 0 Å². The molecule has 3 heteroatoms. The van der Waals surface area contributed by atoms with Gasteiger partial charge in [0.1, 0.15) is 6.10 Å². The standard InChI is InChI=1S/C11H19NO2/c1-11(7-4-8-11)12-10(13)14-9-5-2-3-6-9/h9H,2-8H2,1H3,(H,12,13). The van der Waals surface area contributed by atoms with E-state index in [1.807, 2.05) is 0 Å². The van der Waals surface area contributed by atoms with Gasteiger partial charge in [0.25, 0.3) is 0 Å². The Bertz CT molecular complexity index is 217. The van der Waals surface area contributed by atoms with Gasteiger partial charge < -0.3 is 10.1 Å². The summed E-state index contributed by atoms with van der Waals surface area (Å²) in [6.07, 6.45) is 7.87. The Kier molecular flexibility index (Phi) is 2.66. The summed E-state index contributed by atoms with van der Waals surface area (Å²) in [5.41, 5.74) is 0.0235. The number of ether oxygens (including phenoxy) is 1. The fourth-order valence-corrected chi connectivity index (χ4v) is 2.27. The highest BCUT2D eigenvalue weighted by Crippen LogP contribution is 2.31. The van der Waals surface area contributed by atoms with Crippen molar-refractivity contribution in [2.45, 2.75) is 63.5 Å². The van der Waals surface area contributed by atoms with Gasteiger partial charge in [0.2, 0.25) is 0 Å². The molecule has 3 nitrogen and oxygen atoms in total. The second kappa shape index (κ2) is 3.79. The van der Waals surface area contributed by atoms with Crippen molar-refractivity contribution >= 4 is 6.09 Å².